The van der Waals surface area contributed by atoms with E-state index < -0.39 is 29.1 Å². The second-order valence-corrected chi connectivity index (χ2v) is 7.56. The summed E-state index contributed by atoms with van der Waals surface area (Å²) in [5.74, 6) is -1.28. The van der Waals surface area contributed by atoms with Crippen LogP contribution in [0.1, 0.15) is 33.6 Å². The quantitative estimate of drug-likeness (QED) is 0.572. The molecule has 0 aromatic rings. The van der Waals surface area contributed by atoms with Crippen LogP contribution in [-0.4, -0.2) is 63.2 Å². The zero-order chi connectivity index (χ0) is 16.5. The molecule has 0 bridgehead atoms. The van der Waals surface area contributed by atoms with Crippen molar-refractivity contribution >= 4 is 29.6 Å². The number of nitrogens with one attached hydrogen (secondary N) is 1. The number of amides is 1. The van der Waals surface area contributed by atoms with Gasteiger partial charge in [-0.05, 0) is 33.6 Å². The first-order valence-corrected chi connectivity index (χ1v) is 8.43. The zero-order valence-electron chi connectivity index (χ0n) is 13.0. The fourth-order valence-corrected chi connectivity index (χ4v) is 3.68. The molecule has 0 aliphatic carbocycles. The minimum Gasteiger partial charge on any atom is -0.479 e. The maximum absolute atomic E-state index is 12.6. The van der Waals surface area contributed by atoms with Crippen LogP contribution in [0, 0.1) is 0 Å². The van der Waals surface area contributed by atoms with Crippen LogP contribution >= 0.6 is 11.8 Å². The Bertz CT molecular complexity index is 484. The molecule has 7 nitrogen and oxygen atoms in total. The number of carboxylic acids is 1. The summed E-state index contributed by atoms with van der Waals surface area (Å²) in [5.41, 5.74) is -2.71. The molecule has 2 aliphatic heterocycles. The monoisotopic (exact) mass is 330 g/mol. The Morgan fingerprint density at radius 1 is 1.36 bits per heavy atom. The predicted octanol–water partition coefficient (Wildman–Crippen LogP) is 0.436. The van der Waals surface area contributed by atoms with Crippen LogP contribution in [-0.2, 0) is 19.1 Å². The standard InChI is InChI=1S/C14H22N2O5S/c1-13(2,3)21-12(20)14(11(18)19)5-4-6-16(14)10(17)9-7-22-8-15-9/h9,15H,4-8H2,1-3H3,(H,18,19). The number of likely N-dealkylation sites (tertiary alicyclic amines) is 1. The van der Waals surface area contributed by atoms with Crippen molar-refractivity contribution < 1.29 is 24.2 Å². The lowest BCUT2D eigenvalue weighted by molar-refractivity contribution is -0.180. The SMILES string of the molecule is CC(C)(C)OC(=O)C1(C(=O)O)CCCN1C(=O)C1CSCN1. The maximum Gasteiger partial charge on any atom is 0.344 e. The van der Waals surface area contributed by atoms with Crippen molar-refractivity contribution in [1.82, 2.24) is 10.2 Å². The second-order valence-electron chi connectivity index (χ2n) is 6.53. The van der Waals surface area contributed by atoms with E-state index in [-0.39, 0.29) is 18.9 Å². The summed E-state index contributed by atoms with van der Waals surface area (Å²) >= 11 is 1.57. The van der Waals surface area contributed by atoms with Gasteiger partial charge < -0.3 is 14.7 Å². The van der Waals surface area contributed by atoms with Gasteiger partial charge in [-0.25, -0.2) is 9.59 Å². The van der Waals surface area contributed by atoms with Gasteiger partial charge in [0.05, 0.1) is 6.04 Å². The van der Waals surface area contributed by atoms with E-state index >= 15 is 0 Å². The van der Waals surface area contributed by atoms with Gasteiger partial charge in [0, 0.05) is 18.2 Å². The summed E-state index contributed by atoms with van der Waals surface area (Å²) in [6.45, 7) is 5.29. The van der Waals surface area contributed by atoms with Crippen LogP contribution in [0.2, 0.25) is 0 Å². The van der Waals surface area contributed by atoms with Crippen molar-refractivity contribution in [3.8, 4) is 0 Å². The summed E-state index contributed by atoms with van der Waals surface area (Å²) in [5, 5.41) is 12.7. The lowest BCUT2D eigenvalue weighted by Gasteiger charge is -2.36. The van der Waals surface area contributed by atoms with Crippen molar-refractivity contribution in [2.24, 2.45) is 0 Å². The Morgan fingerprint density at radius 2 is 2.05 bits per heavy atom. The third kappa shape index (κ3) is 3.08. The van der Waals surface area contributed by atoms with E-state index in [9.17, 15) is 19.5 Å². The number of nitrogens with zero attached hydrogens (tertiary/aromatic N) is 1. The Labute approximate surface area is 133 Å². The van der Waals surface area contributed by atoms with Gasteiger partial charge in [-0.15, -0.1) is 11.8 Å². The molecule has 2 atom stereocenters. The van der Waals surface area contributed by atoms with Crippen LogP contribution < -0.4 is 5.32 Å². The summed E-state index contributed by atoms with van der Waals surface area (Å²) in [7, 11) is 0. The van der Waals surface area contributed by atoms with E-state index in [1.807, 2.05) is 0 Å². The highest BCUT2D eigenvalue weighted by molar-refractivity contribution is 7.99. The van der Waals surface area contributed by atoms with Gasteiger partial charge in [-0.1, -0.05) is 0 Å². The molecular weight excluding hydrogens is 308 g/mol. The second kappa shape index (κ2) is 6.08. The molecule has 2 unspecified atom stereocenters. The molecule has 2 fully saturated rings. The first kappa shape index (κ1) is 17.1. The summed E-state index contributed by atoms with van der Waals surface area (Å²) in [4.78, 5) is 38.2. The topological polar surface area (TPSA) is 95.9 Å². The smallest absolute Gasteiger partial charge is 0.344 e. The molecule has 8 heteroatoms. The van der Waals surface area contributed by atoms with Gasteiger partial charge in [0.25, 0.3) is 0 Å². The third-order valence-corrected chi connectivity index (χ3v) is 4.69. The number of aliphatic carboxylic acids is 1. The van der Waals surface area contributed by atoms with Gasteiger partial charge in [-0.3, -0.25) is 10.1 Å². The average molecular weight is 330 g/mol. The molecule has 124 valence electrons. The lowest BCUT2D eigenvalue weighted by atomic mass is 9.95. The van der Waals surface area contributed by atoms with E-state index in [0.29, 0.717) is 18.1 Å². The van der Waals surface area contributed by atoms with Crippen LogP contribution in [0.15, 0.2) is 0 Å². The minimum absolute atomic E-state index is 0.0862. The number of hydrogen-bond acceptors (Lipinski definition) is 6. The fourth-order valence-electron chi connectivity index (χ4n) is 2.74. The van der Waals surface area contributed by atoms with Crippen molar-refractivity contribution in [3.63, 3.8) is 0 Å². The Kier molecular flexibility index (Phi) is 4.72. The van der Waals surface area contributed by atoms with E-state index in [2.05, 4.69) is 5.32 Å². The molecule has 0 saturated carbocycles. The molecule has 0 radical (unpaired) electrons. The molecule has 2 aliphatic rings. The van der Waals surface area contributed by atoms with Gasteiger partial charge in [-0.2, -0.15) is 0 Å². The largest absolute Gasteiger partial charge is 0.479 e. The Morgan fingerprint density at radius 3 is 2.55 bits per heavy atom. The number of carboxylic acid groups (broad SMARTS) is 1. The van der Waals surface area contributed by atoms with Crippen molar-refractivity contribution in [2.75, 3.05) is 18.2 Å². The molecular formula is C14H22N2O5S. The molecule has 1 amide bonds. The van der Waals surface area contributed by atoms with Crippen LogP contribution in [0.25, 0.3) is 0 Å². The van der Waals surface area contributed by atoms with Gasteiger partial charge in [0.1, 0.15) is 5.60 Å². The highest BCUT2D eigenvalue weighted by Crippen LogP contribution is 2.34. The number of rotatable bonds is 3. The van der Waals surface area contributed by atoms with E-state index in [4.69, 9.17) is 4.74 Å². The minimum atomic E-state index is -1.90. The van der Waals surface area contributed by atoms with Crippen molar-refractivity contribution in [3.05, 3.63) is 0 Å². The van der Waals surface area contributed by atoms with Crippen molar-refractivity contribution in [1.29, 1.82) is 0 Å². The lowest BCUT2D eigenvalue weighted by Crippen LogP contribution is -2.62. The van der Waals surface area contributed by atoms with Crippen LogP contribution in [0.3, 0.4) is 0 Å². The number of thioether (sulfide) groups is 1. The number of carbonyl (C=O) groups is 3. The number of carbonyl (C=O) groups excluding carboxylic acids is 2. The molecule has 22 heavy (non-hydrogen) atoms. The molecule has 0 aromatic carbocycles. The number of hydrogen-bond donors (Lipinski definition) is 2. The van der Waals surface area contributed by atoms with Gasteiger partial charge in [0.2, 0.25) is 11.4 Å². The van der Waals surface area contributed by atoms with E-state index in [0.717, 1.165) is 0 Å². The molecule has 2 rings (SSSR count). The summed E-state index contributed by atoms with van der Waals surface area (Å²) in [6, 6.07) is -0.440. The van der Waals surface area contributed by atoms with Gasteiger partial charge in [0.15, 0.2) is 0 Å². The van der Waals surface area contributed by atoms with Crippen LogP contribution in [0.4, 0.5) is 0 Å². The third-order valence-electron chi connectivity index (χ3n) is 3.75. The number of esters is 1. The normalized spacial score (nSPS) is 28.7. The van der Waals surface area contributed by atoms with Gasteiger partial charge >= 0.3 is 11.9 Å². The Hall–Kier alpha value is -1.28. The first-order valence-electron chi connectivity index (χ1n) is 7.28. The molecule has 2 saturated heterocycles. The highest BCUT2D eigenvalue weighted by atomic mass is 32.2. The van der Waals surface area contributed by atoms with E-state index in [1.165, 1.54) is 4.90 Å². The molecule has 0 aromatic heterocycles. The first-order chi connectivity index (χ1) is 10.2. The predicted molar refractivity (Wildman–Crippen MR) is 81.4 cm³/mol. The number of ether oxygens (including phenoxy) is 1. The molecule has 0 spiro atoms. The fraction of sp³-hybridized carbons (Fsp3) is 0.786. The average Bonchev–Trinajstić information content (AvgIpc) is 3.06. The molecule has 2 heterocycles. The van der Waals surface area contributed by atoms with Crippen LogP contribution in [0.5, 0.6) is 0 Å². The Balaban J connectivity index is 2.29. The molecule has 2 N–H and O–H groups in total. The summed E-state index contributed by atoms with van der Waals surface area (Å²) < 4.78 is 5.29. The van der Waals surface area contributed by atoms with Crippen molar-refractivity contribution in [2.45, 2.75) is 50.8 Å². The maximum atomic E-state index is 12.6. The zero-order valence-corrected chi connectivity index (χ0v) is 13.9. The van der Waals surface area contributed by atoms with E-state index in [1.54, 1.807) is 32.5 Å². The summed E-state index contributed by atoms with van der Waals surface area (Å²) in [6.07, 6.45) is 0.556. The highest BCUT2D eigenvalue weighted by Gasteiger charge is 2.59.